The predicted octanol–water partition coefficient (Wildman–Crippen LogP) is 5.71. The van der Waals surface area contributed by atoms with Crippen LogP contribution in [-0.2, 0) is 0 Å². The minimum absolute atomic E-state index is 0.0523. The molecule has 0 unspecified atom stereocenters. The summed E-state index contributed by atoms with van der Waals surface area (Å²) in [5.41, 5.74) is 2.97. The van der Waals surface area contributed by atoms with Crippen molar-refractivity contribution in [2.75, 3.05) is 36.4 Å². The summed E-state index contributed by atoms with van der Waals surface area (Å²) in [7, 11) is 0. The molecule has 1 aliphatic rings. The lowest BCUT2D eigenvalue weighted by Gasteiger charge is -2.37. The standard InChI is InChI=1S/C28H24ClN3O2/c29-24-13-7-10-21-22(24)11-6-12-23(21)27(33)30-25-14-4-5-15-26(25)31-16-18-32(19-17-31)28(34)20-8-2-1-3-9-20/h1-15H,16-19H2,(H,30,33). The second-order valence-corrected chi connectivity index (χ2v) is 8.66. The molecule has 0 atom stereocenters. The molecule has 0 radical (unpaired) electrons. The first-order chi connectivity index (χ1) is 16.6. The molecular weight excluding hydrogens is 446 g/mol. The number of carbonyl (C=O) groups excluding carboxylic acids is 2. The maximum Gasteiger partial charge on any atom is 0.256 e. The van der Waals surface area contributed by atoms with Gasteiger partial charge in [0.05, 0.1) is 11.4 Å². The third-order valence-electron chi connectivity index (χ3n) is 6.19. The zero-order chi connectivity index (χ0) is 23.5. The van der Waals surface area contributed by atoms with Gasteiger partial charge in [0.1, 0.15) is 0 Å². The second kappa shape index (κ2) is 9.57. The fourth-order valence-electron chi connectivity index (χ4n) is 4.43. The highest BCUT2D eigenvalue weighted by Crippen LogP contribution is 2.30. The maximum atomic E-state index is 13.2. The molecule has 0 saturated carbocycles. The molecule has 1 saturated heterocycles. The Bertz CT molecular complexity index is 1350. The number of amides is 2. The Balaban J connectivity index is 1.33. The van der Waals surface area contributed by atoms with Gasteiger partial charge in [-0.2, -0.15) is 0 Å². The summed E-state index contributed by atoms with van der Waals surface area (Å²) in [6, 6.07) is 28.3. The van der Waals surface area contributed by atoms with Crippen LogP contribution in [0, 0.1) is 0 Å². The van der Waals surface area contributed by atoms with E-state index >= 15 is 0 Å². The first kappa shape index (κ1) is 22.0. The van der Waals surface area contributed by atoms with Gasteiger partial charge in [0.15, 0.2) is 0 Å². The highest BCUT2D eigenvalue weighted by Gasteiger charge is 2.24. The number of fused-ring (bicyclic) bond motifs is 1. The van der Waals surface area contributed by atoms with Crippen molar-refractivity contribution in [2.24, 2.45) is 0 Å². The lowest BCUT2D eigenvalue weighted by atomic mass is 10.0. The van der Waals surface area contributed by atoms with Gasteiger partial charge in [-0.3, -0.25) is 9.59 Å². The maximum absolute atomic E-state index is 13.2. The normalized spacial score (nSPS) is 13.7. The Labute approximate surface area is 203 Å². The number of hydrogen-bond donors (Lipinski definition) is 1. The molecule has 0 aliphatic carbocycles. The number of anilines is 2. The van der Waals surface area contributed by atoms with Crippen LogP contribution in [0.25, 0.3) is 10.8 Å². The molecular formula is C28H24ClN3O2. The van der Waals surface area contributed by atoms with Crippen molar-refractivity contribution in [3.8, 4) is 0 Å². The summed E-state index contributed by atoms with van der Waals surface area (Å²) in [6.07, 6.45) is 0. The van der Waals surface area contributed by atoms with E-state index in [4.69, 9.17) is 11.6 Å². The van der Waals surface area contributed by atoms with Gasteiger partial charge in [0.25, 0.3) is 11.8 Å². The van der Waals surface area contributed by atoms with Gasteiger partial charge >= 0.3 is 0 Å². The summed E-state index contributed by atoms with van der Waals surface area (Å²) in [5.74, 6) is -0.130. The number of rotatable bonds is 4. The van der Waals surface area contributed by atoms with E-state index in [1.165, 1.54) is 0 Å². The number of benzene rings is 4. The Hall–Kier alpha value is -3.83. The molecule has 170 valence electrons. The predicted molar refractivity (Wildman–Crippen MR) is 138 cm³/mol. The van der Waals surface area contributed by atoms with E-state index in [1.807, 2.05) is 95.9 Å². The highest BCUT2D eigenvalue weighted by molar-refractivity contribution is 6.36. The number of para-hydroxylation sites is 2. The molecule has 0 spiro atoms. The average Bonchev–Trinajstić information content (AvgIpc) is 2.89. The van der Waals surface area contributed by atoms with Gasteiger partial charge in [-0.1, -0.05) is 66.2 Å². The van der Waals surface area contributed by atoms with Crippen LogP contribution in [0.2, 0.25) is 5.02 Å². The third-order valence-corrected chi connectivity index (χ3v) is 6.52. The van der Waals surface area contributed by atoms with Crippen molar-refractivity contribution >= 4 is 45.6 Å². The van der Waals surface area contributed by atoms with Crippen molar-refractivity contribution in [2.45, 2.75) is 0 Å². The third kappa shape index (κ3) is 4.35. The molecule has 4 aromatic rings. The van der Waals surface area contributed by atoms with Crippen LogP contribution in [0.4, 0.5) is 11.4 Å². The number of halogens is 1. The molecule has 1 fully saturated rings. The molecule has 5 rings (SSSR count). The van der Waals surface area contributed by atoms with Gasteiger partial charge in [0, 0.05) is 47.7 Å². The molecule has 1 N–H and O–H groups in total. The number of nitrogens with one attached hydrogen (secondary N) is 1. The Kier molecular flexibility index (Phi) is 6.19. The van der Waals surface area contributed by atoms with Crippen LogP contribution < -0.4 is 10.2 Å². The second-order valence-electron chi connectivity index (χ2n) is 8.26. The lowest BCUT2D eigenvalue weighted by Crippen LogP contribution is -2.49. The van der Waals surface area contributed by atoms with E-state index in [0.29, 0.717) is 42.3 Å². The minimum atomic E-state index is -0.182. The topological polar surface area (TPSA) is 52.7 Å². The van der Waals surface area contributed by atoms with E-state index in [9.17, 15) is 9.59 Å². The van der Waals surface area contributed by atoms with Crippen LogP contribution in [0.1, 0.15) is 20.7 Å². The Morgan fingerprint density at radius 3 is 2.18 bits per heavy atom. The van der Waals surface area contributed by atoms with Crippen LogP contribution in [-0.4, -0.2) is 42.9 Å². The smallest absolute Gasteiger partial charge is 0.256 e. The number of hydrogen-bond acceptors (Lipinski definition) is 3. The molecule has 5 nitrogen and oxygen atoms in total. The fourth-order valence-corrected chi connectivity index (χ4v) is 4.67. The average molecular weight is 470 g/mol. The number of piperazine rings is 1. The van der Waals surface area contributed by atoms with Crippen molar-refractivity contribution in [1.29, 1.82) is 0 Å². The van der Waals surface area contributed by atoms with Crippen LogP contribution in [0.5, 0.6) is 0 Å². The molecule has 0 bridgehead atoms. The van der Waals surface area contributed by atoms with E-state index in [-0.39, 0.29) is 11.8 Å². The van der Waals surface area contributed by atoms with Gasteiger partial charge in [-0.05, 0) is 41.8 Å². The van der Waals surface area contributed by atoms with Gasteiger partial charge in [0.2, 0.25) is 0 Å². The summed E-state index contributed by atoms with van der Waals surface area (Å²) in [5, 5.41) is 5.38. The minimum Gasteiger partial charge on any atom is -0.366 e. The Morgan fingerprint density at radius 1 is 0.706 bits per heavy atom. The molecule has 0 aromatic heterocycles. The highest BCUT2D eigenvalue weighted by atomic mass is 35.5. The summed E-state index contributed by atoms with van der Waals surface area (Å²) in [6.45, 7) is 2.63. The van der Waals surface area contributed by atoms with Gasteiger partial charge in [-0.25, -0.2) is 0 Å². The SMILES string of the molecule is O=C(Nc1ccccc1N1CCN(C(=O)c2ccccc2)CC1)c1cccc2c(Cl)cccc12. The van der Waals surface area contributed by atoms with Gasteiger partial charge < -0.3 is 15.1 Å². The van der Waals surface area contributed by atoms with Crippen LogP contribution in [0.15, 0.2) is 91.0 Å². The molecule has 4 aromatic carbocycles. The summed E-state index contributed by atoms with van der Waals surface area (Å²) < 4.78 is 0. The van der Waals surface area contributed by atoms with Gasteiger partial charge in [-0.15, -0.1) is 0 Å². The van der Waals surface area contributed by atoms with Crippen molar-refractivity contribution < 1.29 is 9.59 Å². The number of nitrogens with zero attached hydrogens (tertiary/aromatic N) is 2. The molecule has 2 amide bonds. The van der Waals surface area contributed by atoms with Crippen LogP contribution in [0.3, 0.4) is 0 Å². The molecule has 6 heteroatoms. The molecule has 1 heterocycles. The van der Waals surface area contributed by atoms with E-state index in [0.717, 1.165) is 22.1 Å². The number of carbonyl (C=O) groups is 2. The zero-order valence-corrected chi connectivity index (χ0v) is 19.3. The van der Waals surface area contributed by atoms with Crippen molar-refractivity contribution in [3.05, 3.63) is 107 Å². The summed E-state index contributed by atoms with van der Waals surface area (Å²) >= 11 is 6.33. The molecule has 1 aliphatic heterocycles. The lowest BCUT2D eigenvalue weighted by molar-refractivity contribution is 0.0746. The first-order valence-electron chi connectivity index (χ1n) is 11.3. The van der Waals surface area contributed by atoms with Crippen molar-refractivity contribution in [1.82, 2.24) is 4.90 Å². The quantitative estimate of drug-likeness (QED) is 0.416. The zero-order valence-electron chi connectivity index (χ0n) is 18.6. The largest absolute Gasteiger partial charge is 0.366 e. The van der Waals surface area contributed by atoms with E-state index < -0.39 is 0 Å². The Morgan fingerprint density at radius 2 is 1.38 bits per heavy atom. The summed E-state index contributed by atoms with van der Waals surface area (Å²) in [4.78, 5) is 30.1. The van der Waals surface area contributed by atoms with E-state index in [1.54, 1.807) is 0 Å². The van der Waals surface area contributed by atoms with E-state index in [2.05, 4.69) is 10.2 Å². The van der Waals surface area contributed by atoms with Crippen LogP contribution >= 0.6 is 11.6 Å². The molecule has 34 heavy (non-hydrogen) atoms. The first-order valence-corrected chi connectivity index (χ1v) is 11.7. The fraction of sp³-hybridized carbons (Fsp3) is 0.143. The van der Waals surface area contributed by atoms with Crippen molar-refractivity contribution in [3.63, 3.8) is 0 Å². The monoisotopic (exact) mass is 469 g/mol.